The topological polar surface area (TPSA) is 12.5 Å². The van der Waals surface area contributed by atoms with Crippen LogP contribution in [0.2, 0.25) is 0 Å². The quantitative estimate of drug-likeness (QED) is 0.328. The summed E-state index contributed by atoms with van der Waals surface area (Å²) in [5.74, 6) is 0. The average Bonchev–Trinajstić information content (AvgIpc) is 3.31. The minimum Gasteiger partial charge on any atom is -0.365 e. The SMILES string of the molecule is CCCCCCCCCCCCC1(c2ccccc2)CO1. The molecule has 1 aliphatic heterocycles. The summed E-state index contributed by atoms with van der Waals surface area (Å²) in [7, 11) is 0. The predicted molar refractivity (Wildman–Crippen MR) is 90.5 cm³/mol. The first-order chi connectivity index (χ1) is 10.4. The van der Waals surface area contributed by atoms with Gasteiger partial charge in [0.05, 0.1) is 6.61 Å². The van der Waals surface area contributed by atoms with Crippen LogP contribution in [0.4, 0.5) is 0 Å². The molecule has 0 N–H and O–H groups in total. The average molecular weight is 288 g/mol. The summed E-state index contributed by atoms with van der Waals surface area (Å²) in [6, 6.07) is 10.8. The Balaban J connectivity index is 1.47. The first kappa shape index (κ1) is 16.5. The first-order valence-electron chi connectivity index (χ1n) is 9.07. The Morgan fingerprint density at radius 3 is 1.86 bits per heavy atom. The second kappa shape index (κ2) is 9.25. The van der Waals surface area contributed by atoms with Crippen molar-refractivity contribution in [2.24, 2.45) is 0 Å². The van der Waals surface area contributed by atoms with E-state index < -0.39 is 0 Å². The lowest BCUT2D eigenvalue weighted by atomic mass is 9.93. The van der Waals surface area contributed by atoms with E-state index in [-0.39, 0.29) is 5.60 Å². The van der Waals surface area contributed by atoms with Gasteiger partial charge in [-0.3, -0.25) is 0 Å². The van der Waals surface area contributed by atoms with Crippen molar-refractivity contribution in [2.45, 2.75) is 83.2 Å². The molecule has 1 fully saturated rings. The second-order valence-electron chi connectivity index (χ2n) is 6.58. The smallest absolute Gasteiger partial charge is 0.117 e. The van der Waals surface area contributed by atoms with Crippen LogP contribution in [-0.2, 0) is 10.3 Å². The Kier molecular flexibility index (Phi) is 7.29. The summed E-state index contributed by atoms with van der Waals surface area (Å²) < 4.78 is 5.76. The molecule has 118 valence electrons. The maximum absolute atomic E-state index is 5.76. The van der Waals surface area contributed by atoms with E-state index in [0.29, 0.717) is 0 Å². The maximum Gasteiger partial charge on any atom is 0.117 e. The highest BCUT2D eigenvalue weighted by atomic mass is 16.6. The number of unbranched alkanes of at least 4 members (excludes halogenated alkanes) is 9. The van der Waals surface area contributed by atoms with Crippen LogP contribution in [0.3, 0.4) is 0 Å². The Morgan fingerprint density at radius 1 is 0.810 bits per heavy atom. The lowest BCUT2D eigenvalue weighted by Crippen LogP contribution is -2.08. The van der Waals surface area contributed by atoms with Gasteiger partial charge < -0.3 is 4.74 Å². The van der Waals surface area contributed by atoms with Gasteiger partial charge in [0.2, 0.25) is 0 Å². The number of benzene rings is 1. The third-order valence-corrected chi connectivity index (χ3v) is 4.73. The highest BCUT2D eigenvalue weighted by Crippen LogP contribution is 2.43. The molecule has 1 atom stereocenters. The van der Waals surface area contributed by atoms with Crippen molar-refractivity contribution in [2.75, 3.05) is 6.61 Å². The van der Waals surface area contributed by atoms with Crippen LogP contribution in [0.15, 0.2) is 30.3 Å². The van der Waals surface area contributed by atoms with Crippen molar-refractivity contribution in [3.63, 3.8) is 0 Å². The van der Waals surface area contributed by atoms with Crippen molar-refractivity contribution < 1.29 is 4.74 Å². The van der Waals surface area contributed by atoms with Gasteiger partial charge >= 0.3 is 0 Å². The number of rotatable bonds is 12. The molecule has 0 saturated carbocycles. The van der Waals surface area contributed by atoms with Gasteiger partial charge in [0.25, 0.3) is 0 Å². The van der Waals surface area contributed by atoms with Crippen molar-refractivity contribution in [3.8, 4) is 0 Å². The zero-order chi connectivity index (χ0) is 14.8. The predicted octanol–water partition coefficient (Wildman–Crippen LogP) is 6.22. The fraction of sp³-hybridized carbons (Fsp3) is 0.700. The molecule has 21 heavy (non-hydrogen) atoms. The molecule has 1 aromatic rings. The van der Waals surface area contributed by atoms with Crippen LogP contribution < -0.4 is 0 Å². The molecular formula is C20H32O. The van der Waals surface area contributed by atoms with E-state index in [2.05, 4.69) is 37.3 Å². The van der Waals surface area contributed by atoms with Crippen molar-refractivity contribution in [1.82, 2.24) is 0 Å². The molecule has 0 aliphatic carbocycles. The number of hydrogen-bond donors (Lipinski definition) is 0. The Morgan fingerprint density at radius 2 is 1.33 bits per heavy atom. The molecule has 0 spiro atoms. The summed E-state index contributed by atoms with van der Waals surface area (Å²) in [5, 5.41) is 0. The van der Waals surface area contributed by atoms with E-state index >= 15 is 0 Å². The fourth-order valence-corrected chi connectivity index (χ4v) is 3.18. The minimum atomic E-state index is 0.0847. The molecule has 2 rings (SSSR count). The lowest BCUT2D eigenvalue weighted by molar-refractivity contribution is 0.285. The molecule has 0 aromatic heterocycles. The van der Waals surface area contributed by atoms with Crippen LogP contribution >= 0.6 is 0 Å². The zero-order valence-electron chi connectivity index (χ0n) is 13.8. The molecule has 1 aromatic carbocycles. The fourth-order valence-electron chi connectivity index (χ4n) is 3.18. The minimum absolute atomic E-state index is 0.0847. The van der Waals surface area contributed by atoms with Crippen molar-refractivity contribution in [1.29, 1.82) is 0 Å². The van der Waals surface area contributed by atoms with Gasteiger partial charge in [0, 0.05) is 0 Å². The van der Waals surface area contributed by atoms with E-state index in [0.717, 1.165) is 6.61 Å². The largest absolute Gasteiger partial charge is 0.365 e. The van der Waals surface area contributed by atoms with Crippen LogP contribution in [0.1, 0.15) is 83.1 Å². The van der Waals surface area contributed by atoms with Gasteiger partial charge in [-0.2, -0.15) is 0 Å². The number of epoxide rings is 1. The van der Waals surface area contributed by atoms with Crippen LogP contribution in [0.5, 0.6) is 0 Å². The first-order valence-corrected chi connectivity index (χ1v) is 9.07. The molecule has 1 aliphatic rings. The molecule has 0 radical (unpaired) electrons. The van der Waals surface area contributed by atoms with Crippen LogP contribution in [0, 0.1) is 0 Å². The van der Waals surface area contributed by atoms with E-state index in [9.17, 15) is 0 Å². The molecule has 0 amide bonds. The standard InChI is InChI=1S/C20H32O/c1-2-3-4-5-6-7-8-9-10-14-17-20(18-21-20)19-15-12-11-13-16-19/h11-13,15-16H,2-10,14,17-18H2,1H3. The van der Waals surface area contributed by atoms with Crippen molar-refractivity contribution >= 4 is 0 Å². The third kappa shape index (κ3) is 5.82. The highest BCUT2D eigenvalue weighted by molar-refractivity contribution is 5.26. The Labute approximate surface area is 131 Å². The number of ether oxygens (including phenoxy) is 1. The highest BCUT2D eigenvalue weighted by Gasteiger charge is 2.45. The van der Waals surface area contributed by atoms with Gasteiger partial charge in [-0.1, -0.05) is 101 Å². The van der Waals surface area contributed by atoms with Gasteiger partial charge in [-0.15, -0.1) is 0 Å². The maximum atomic E-state index is 5.76. The summed E-state index contributed by atoms with van der Waals surface area (Å²) in [4.78, 5) is 0. The van der Waals surface area contributed by atoms with Crippen LogP contribution in [-0.4, -0.2) is 6.61 Å². The van der Waals surface area contributed by atoms with E-state index in [1.165, 1.54) is 76.2 Å². The molecular weight excluding hydrogens is 256 g/mol. The van der Waals surface area contributed by atoms with Gasteiger partial charge in [-0.05, 0) is 12.0 Å². The molecule has 1 nitrogen and oxygen atoms in total. The third-order valence-electron chi connectivity index (χ3n) is 4.73. The van der Waals surface area contributed by atoms with E-state index in [1.54, 1.807) is 0 Å². The monoisotopic (exact) mass is 288 g/mol. The number of hydrogen-bond acceptors (Lipinski definition) is 1. The van der Waals surface area contributed by atoms with Crippen molar-refractivity contribution in [3.05, 3.63) is 35.9 Å². The Bertz CT molecular complexity index is 367. The summed E-state index contributed by atoms with van der Waals surface area (Å²) in [5.41, 5.74) is 1.46. The Hall–Kier alpha value is -0.820. The van der Waals surface area contributed by atoms with E-state index in [1.807, 2.05) is 0 Å². The zero-order valence-corrected chi connectivity index (χ0v) is 13.8. The normalized spacial score (nSPS) is 20.6. The van der Waals surface area contributed by atoms with E-state index in [4.69, 9.17) is 4.74 Å². The lowest BCUT2D eigenvalue weighted by Gasteiger charge is -2.11. The molecule has 1 unspecified atom stereocenters. The summed E-state index contributed by atoms with van der Waals surface area (Å²) in [6.45, 7) is 3.21. The molecule has 1 saturated heterocycles. The van der Waals surface area contributed by atoms with Gasteiger partial charge in [-0.25, -0.2) is 0 Å². The molecule has 1 heteroatoms. The van der Waals surface area contributed by atoms with Gasteiger partial charge in [0.1, 0.15) is 5.60 Å². The molecule has 0 bridgehead atoms. The van der Waals surface area contributed by atoms with Crippen LogP contribution in [0.25, 0.3) is 0 Å². The van der Waals surface area contributed by atoms with Gasteiger partial charge in [0.15, 0.2) is 0 Å². The second-order valence-corrected chi connectivity index (χ2v) is 6.58. The molecule has 1 heterocycles. The summed E-state index contributed by atoms with van der Waals surface area (Å²) in [6.07, 6.45) is 15.2. The summed E-state index contributed by atoms with van der Waals surface area (Å²) >= 11 is 0.